The maximum atomic E-state index is 12.2. The fourth-order valence-corrected chi connectivity index (χ4v) is 3.67. The van der Waals surface area contributed by atoms with Crippen molar-refractivity contribution in [3.05, 3.63) is 35.4 Å². The normalized spacial score (nSPS) is 18.2. The van der Waals surface area contributed by atoms with E-state index in [1.807, 2.05) is 0 Å². The lowest BCUT2D eigenvalue weighted by atomic mass is 9.93. The van der Waals surface area contributed by atoms with Crippen molar-refractivity contribution >= 4 is 30.7 Å². The van der Waals surface area contributed by atoms with E-state index >= 15 is 0 Å². The van der Waals surface area contributed by atoms with Crippen molar-refractivity contribution in [2.75, 3.05) is 39.4 Å². The predicted molar refractivity (Wildman–Crippen MR) is 114 cm³/mol. The Balaban J connectivity index is 0.00000182. The van der Waals surface area contributed by atoms with Crippen molar-refractivity contribution < 1.29 is 9.53 Å². The first-order valence-corrected chi connectivity index (χ1v) is 9.65. The number of amides is 1. The highest BCUT2D eigenvalue weighted by Crippen LogP contribution is 2.18. The van der Waals surface area contributed by atoms with Gasteiger partial charge in [0.15, 0.2) is 0 Å². The van der Waals surface area contributed by atoms with Gasteiger partial charge in [0.25, 0.3) is 0 Å². The molecule has 2 saturated heterocycles. The molecule has 2 fully saturated rings. The van der Waals surface area contributed by atoms with Crippen LogP contribution in [0.4, 0.5) is 0 Å². The maximum absolute atomic E-state index is 12.2. The summed E-state index contributed by atoms with van der Waals surface area (Å²) in [5.74, 6) is 0.889. The molecule has 0 aromatic heterocycles. The molecule has 7 heteroatoms. The van der Waals surface area contributed by atoms with Gasteiger partial charge in [-0.15, -0.1) is 24.8 Å². The van der Waals surface area contributed by atoms with Crippen molar-refractivity contribution in [3.63, 3.8) is 0 Å². The van der Waals surface area contributed by atoms with E-state index < -0.39 is 0 Å². The summed E-state index contributed by atoms with van der Waals surface area (Å²) in [7, 11) is 0. The van der Waals surface area contributed by atoms with Crippen LogP contribution < -0.4 is 10.6 Å². The zero-order valence-electron chi connectivity index (χ0n) is 16.0. The average molecular weight is 418 g/mol. The number of hydrogen-bond donors (Lipinski definition) is 2. The van der Waals surface area contributed by atoms with Crippen molar-refractivity contribution in [2.24, 2.45) is 5.92 Å². The van der Waals surface area contributed by atoms with Crippen LogP contribution in [-0.2, 0) is 22.6 Å². The van der Waals surface area contributed by atoms with Gasteiger partial charge in [0.2, 0.25) is 5.91 Å². The van der Waals surface area contributed by atoms with E-state index in [1.54, 1.807) is 0 Å². The molecule has 2 aliphatic heterocycles. The molecule has 1 aromatic rings. The summed E-state index contributed by atoms with van der Waals surface area (Å²) < 4.78 is 5.42. The van der Waals surface area contributed by atoms with Crippen LogP contribution >= 0.6 is 24.8 Å². The van der Waals surface area contributed by atoms with Crippen LogP contribution in [0.25, 0.3) is 0 Å². The SMILES string of the molecule is Cl.Cl.O=C(CCC1CCNCC1)NCc1ccccc1CN1CCOCC1. The summed E-state index contributed by atoms with van der Waals surface area (Å²) in [5.41, 5.74) is 2.53. The molecule has 0 spiro atoms. The van der Waals surface area contributed by atoms with E-state index in [1.165, 1.54) is 24.0 Å². The molecule has 1 amide bonds. The first kappa shape index (κ1) is 24.2. The Hall–Kier alpha value is -0.850. The molecule has 3 rings (SSSR count). The van der Waals surface area contributed by atoms with Crippen molar-refractivity contribution in [2.45, 2.75) is 38.8 Å². The molecule has 0 atom stereocenters. The minimum Gasteiger partial charge on any atom is -0.379 e. The molecule has 0 radical (unpaired) electrons. The molecule has 2 N–H and O–H groups in total. The third-order valence-electron chi connectivity index (χ3n) is 5.33. The lowest BCUT2D eigenvalue weighted by Gasteiger charge is -2.27. The molecule has 154 valence electrons. The van der Waals surface area contributed by atoms with Crippen molar-refractivity contribution in [3.8, 4) is 0 Å². The number of halogens is 2. The van der Waals surface area contributed by atoms with Crippen LogP contribution in [0.5, 0.6) is 0 Å². The molecule has 0 saturated carbocycles. The van der Waals surface area contributed by atoms with Gasteiger partial charge < -0.3 is 15.4 Å². The second kappa shape index (κ2) is 13.3. The molecule has 0 unspecified atom stereocenters. The number of nitrogens with zero attached hydrogens (tertiary/aromatic N) is 1. The third-order valence-corrected chi connectivity index (χ3v) is 5.33. The van der Waals surface area contributed by atoms with E-state index in [4.69, 9.17) is 4.74 Å². The lowest BCUT2D eigenvalue weighted by Crippen LogP contribution is -2.36. The van der Waals surface area contributed by atoms with Gasteiger partial charge in [-0.2, -0.15) is 0 Å². The molecular formula is C20H33Cl2N3O2. The van der Waals surface area contributed by atoms with Crippen LogP contribution in [0.1, 0.15) is 36.8 Å². The summed E-state index contributed by atoms with van der Waals surface area (Å²) in [6.45, 7) is 7.36. The molecule has 2 aliphatic rings. The van der Waals surface area contributed by atoms with Gasteiger partial charge in [-0.1, -0.05) is 24.3 Å². The molecule has 2 heterocycles. The van der Waals surface area contributed by atoms with Crippen molar-refractivity contribution in [1.29, 1.82) is 0 Å². The minimum absolute atomic E-state index is 0. The number of piperidine rings is 1. The average Bonchev–Trinajstić information content (AvgIpc) is 2.67. The Labute approximate surface area is 175 Å². The van der Waals surface area contributed by atoms with E-state index in [0.29, 0.717) is 18.9 Å². The largest absolute Gasteiger partial charge is 0.379 e. The summed E-state index contributed by atoms with van der Waals surface area (Å²) >= 11 is 0. The maximum Gasteiger partial charge on any atom is 0.220 e. The van der Waals surface area contributed by atoms with Crippen LogP contribution in [0.15, 0.2) is 24.3 Å². The topological polar surface area (TPSA) is 53.6 Å². The van der Waals surface area contributed by atoms with Gasteiger partial charge in [0, 0.05) is 32.6 Å². The van der Waals surface area contributed by atoms with E-state index in [0.717, 1.165) is 52.4 Å². The van der Waals surface area contributed by atoms with Crippen LogP contribution in [0, 0.1) is 5.92 Å². The minimum atomic E-state index is 0. The second-order valence-corrected chi connectivity index (χ2v) is 7.17. The summed E-state index contributed by atoms with van der Waals surface area (Å²) in [4.78, 5) is 14.6. The fourth-order valence-electron chi connectivity index (χ4n) is 3.67. The number of carbonyl (C=O) groups is 1. The Bertz CT molecular complexity index is 548. The van der Waals surface area contributed by atoms with Crippen LogP contribution in [0.3, 0.4) is 0 Å². The van der Waals surface area contributed by atoms with Crippen LogP contribution in [0.2, 0.25) is 0 Å². The number of carbonyl (C=O) groups excluding carboxylic acids is 1. The highest BCUT2D eigenvalue weighted by atomic mass is 35.5. The van der Waals surface area contributed by atoms with Crippen molar-refractivity contribution in [1.82, 2.24) is 15.5 Å². The zero-order chi connectivity index (χ0) is 17.3. The number of rotatable bonds is 7. The smallest absolute Gasteiger partial charge is 0.220 e. The fraction of sp³-hybridized carbons (Fsp3) is 0.650. The third kappa shape index (κ3) is 8.36. The first-order valence-electron chi connectivity index (χ1n) is 9.65. The molecule has 1 aromatic carbocycles. The summed E-state index contributed by atoms with van der Waals surface area (Å²) in [6, 6.07) is 8.44. The number of nitrogens with one attached hydrogen (secondary N) is 2. The predicted octanol–water partition coefficient (Wildman–Crippen LogP) is 2.76. The highest BCUT2D eigenvalue weighted by molar-refractivity contribution is 5.85. The Morgan fingerprint density at radius 2 is 1.78 bits per heavy atom. The van der Waals surface area contributed by atoms with Gasteiger partial charge in [-0.05, 0) is 49.4 Å². The van der Waals surface area contributed by atoms with E-state index in [2.05, 4.69) is 39.8 Å². The highest BCUT2D eigenvalue weighted by Gasteiger charge is 2.15. The van der Waals surface area contributed by atoms with Gasteiger partial charge in [0.1, 0.15) is 0 Å². The zero-order valence-corrected chi connectivity index (χ0v) is 17.6. The second-order valence-electron chi connectivity index (χ2n) is 7.17. The molecule has 0 bridgehead atoms. The quantitative estimate of drug-likeness (QED) is 0.715. The molecular weight excluding hydrogens is 385 g/mol. The monoisotopic (exact) mass is 417 g/mol. The van der Waals surface area contributed by atoms with Crippen LogP contribution in [-0.4, -0.2) is 50.2 Å². The summed E-state index contributed by atoms with van der Waals surface area (Å²) in [5, 5.41) is 6.49. The standard InChI is InChI=1S/C20H31N3O2.2ClH/c24-20(6-5-17-7-9-21-10-8-17)22-15-18-3-1-2-4-19(18)16-23-11-13-25-14-12-23;;/h1-4,17,21H,5-16H2,(H,22,24);2*1H. The number of ether oxygens (including phenoxy) is 1. The first-order chi connectivity index (χ1) is 12.3. The number of benzene rings is 1. The Morgan fingerprint density at radius 1 is 1.11 bits per heavy atom. The number of morpholine rings is 1. The summed E-state index contributed by atoms with van der Waals surface area (Å²) in [6.07, 6.45) is 4.07. The van der Waals surface area contributed by atoms with E-state index in [9.17, 15) is 4.79 Å². The Kier molecular flexibility index (Phi) is 12.0. The van der Waals surface area contributed by atoms with Gasteiger partial charge in [0.05, 0.1) is 13.2 Å². The van der Waals surface area contributed by atoms with Gasteiger partial charge in [-0.25, -0.2) is 0 Å². The van der Waals surface area contributed by atoms with Gasteiger partial charge >= 0.3 is 0 Å². The molecule has 27 heavy (non-hydrogen) atoms. The lowest BCUT2D eigenvalue weighted by molar-refractivity contribution is -0.121. The molecule has 0 aliphatic carbocycles. The number of hydrogen-bond acceptors (Lipinski definition) is 4. The van der Waals surface area contributed by atoms with Gasteiger partial charge in [-0.3, -0.25) is 9.69 Å². The molecule has 5 nitrogen and oxygen atoms in total. The van der Waals surface area contributed by atoms with E-state index in [-0.39, 0.29) is 30.7 Å². The Morgan fingerprint density at radius 3 is 2.48 bits per heavy atom.